The third-order valence-corrected chi connectivity index (χ3v) is 12.7. The molecule has 0 fully saturated rings. The van der Waals surface area contributed by atoms with Crippen molar-refractivity contribution in [2.24, 2.45) is 5.73 Å². The van der Waals surface area contributed by atoms with Gasteiger partial charge < -0.3 is 84.1 Å². The average Bonchev–Trinajstić information content (AvgIpc) is 3.98. The van der Waals surface area contributed by atoms with Gasteiger partial charge in [-0.15, -0.1) is 0 Å². The van der Waals surface area contributed by atoms with Crippen molar-refractivity contribution in [3.05, 3.63) is 120 Å². The number of aliphatic hydroxyl groups is 3. The molecule has 0 saturated carbocycles. The Morgan fingerprint density at radius 1 is 0.562 bits per heavy atom. The van der Waals surface area contributed by atoms with Gasteiger partial charge in [0, 0.05) is 37.6 Å². The highest BCUT2D eigenvalue weighted by molar-refractivity contribution is 7.98. The highest BCUT2D eigenvalue weighted by atomic mass is 32.2. The molecule has 432 valence electrons. The van der Waals surface area contributed by atoms with Gasteiger partial charge in [0.1, 0.15) is 54.1 Å². The number of carbonyl (C=O) groups is 10. The third kappa shape index (κ3) is 21.4. The smallest absolute Gasteiger partial charge is 0.326 e. The van der Waals surface area contributed by atoms with Gasteiger partial charge in [0.2, 0.25) is 53.2 Å². The Hall–Kier alpha value is -8.44. The number of thioether (sulfide) groups is 1. The SMILES string of the molecule is CSCC[C@H](NC(=O)CNC(=O)[C@H](Cc1ccc(O)cc1)NC(=O)[C@H](CO)NC(=O)[C@H](CO)NC(=O)[C@H](Cc1ccccc1)NC(=O)[C@@H](NC(=O)[C@H](Cc1ccccc1)NC(=O)CN)[C@@H](C)O)C(=O)N[C@@H](Cc1cnc[nH]1)C(=O)O. The number of benzene rings is 3. The molecule has 4 aromatic rings. The number of nitrogens with one attached hydrogen (secondary N) is 10. The number of carbonyl (C=O) groups excluding carboxylic acids is 9. The Bertz CT molecular complexity index is 2690. The molecule has 0 aliphatic heterocycles. The van der Waals surface area contributed by atoms with Crippen LogP contribution in [-0.2, 0) is 73.6 Å². The van der Waals surface area contributed by atoms with Crippen molar-refractivity contribution in [3.63, 3.8) is 0 Å². The second-order valence-electron chi connectivity index (χ2n) is 18.2. The normalized spacial score (nSPS) is 14.3. The van der Waals surface area contributed by atoms with Crippen molar-refractivity contribution in [1.29, 1.82) is 0 Å². The van der Waals surface area contributed by atoms with Crippen LogP contribution in [0, 0.1) is 0 Å². The van der Waals surface area contributed by atoms with Crippen LogP contribution in [0.15, 0.2) is 97.5 Å². The Balaban J connectivity index is 1.46. The van der Waals surface area contributed by atoms with Gasteiger partial charge in [0.25, 0.3) is 0 Å². The van der Waals surface area contributed by atoms with E-state index in [4.69, 9.17) is 5.73 Å². The van der Waals surface area contributed by atoms with Gasteiger partial charge in [0.05, 0.1) is 38.7 Å². The summed E-state index contributed by atoms with van der Waals surface area (Å²) in [6, 6.07) is 9.91. The minimum absolute atomic E-state index is 0.0237. The maximum Gasteiger partial charge on any atom is 0.326 e. The molecule has 1 heterocycles. The molecule has 0 spiro atoms. The second-order valence-corrected chi connectivity index (χ2v) is 19.2. The topological polar surface area (TPSA) is 435 Å². The highest BCUT2D eigenvalue weighted by Gasteiger charge is 2.35. The Labute approximate surface area is 463 Å². The predicted molar refractivity (Wildman–Crippen MR) is 288 cm³/mol. The number of imidazole rings is 1. The molecule has 4 rings (SSSR count). The second kappa shape index (κ2) is 33.1. The quantitative estimate of drug-likeness (QED) is 0.0214. The van der Waals surface area contributed by atoms with Crippen LogP contribution in [0.5, 0.6) is 5.75 Å². The fraction of sp³-hybridized carbons (Fsp3) is 0.404. The molecule has 17 N–H and O–H groups in total. The maximum atomic E-state index is 14.0. The van der Waals surface area contributed by atoms with Crippen molar-refractivity contribution in [1.82, 2.24) is 57.8 Å². The van der Waals surface area contributed by atoms with E-state index in [-0.39, 0.29) is 37.9 Å². The van der Waals surface area contributed by atoms with Gasteiger partial charge in [0.15, 0.2) is 0 Å². The number of nitrogens with zero attached hydrogens (tertiary/aromatic N) is 1. The number of hydrogen-bond donors (Lipinski definition) is 16. The number of phenolic OH excluding ortho intramolecular Hbond substituents is 1. The first-order chi connectivity index (χ1) is 38.2. The maximum absolute atomic E-state index is 14.0. The summed E-state index contributed by atoms with van der Waals surface area (Å²) in [6.07, 6.45) is 2.32. The van der Waals surface area contributed by atoms with Gasteiger partial charge >= 0.3 is 5.97 Å². The fourth-order valence-corrected chi connectivity index (χ4v) is 8.17. The van der Waals surface area contributed by atoms with Crippen LogP contribution in [0.25, 0.3) is 0 Å². The Morgan fingerprint density at radius 2 is 1.01 bits per heavy atom. The molecule has 0 saturated heterocycles. The first kappa shape index (κ1) is 64.1. The lowest BCUT2D eigenvalue weighted by molar-refractivity contribution is -0.142. The van der Waals surface area contributed by atoms with Crippen molar-refractivity contribution >= 4 is 70.9 Å². The molecular weight excluding hydrogens is 1060 g/mol. The number of aliphatic carboxylic acids is 1. The summed E-state index contributed by atoms with van der Waals surface area (Å²) in [5.74, 6) is -9.79. The molecule has 0 bridgehead atoms. The van der Waals surface area contributed by atoms with E-state index in [1.54, 1.807) is 66.9 Å². The predicted octanol–water partition coefficient (Wildman–Crippen LogP) is -4.46. The molecule has 9 atom stereocenters. The van der Waals surface area contributed by atoms with E-state index >= 15 is 0 Å². The van der Waals surface area contributed by atoms with E-state index in [9.17, 15) is 73.5 Å². The zero-order chi connectivity index (χ0) is 58.7. The van der Waals surface area contributed by atoms with E-state index in [2.05, 4.69) is 57.8 Å². The van der Waals surface area contributed by atoms with Crippen LogP contribution in [0.3, 0.4) is 0 Å². The van der Waals surface area contributed by atoms with E-state index < -0.39 is 140 Å². The molecule has 0 aliphatic carbocycles. The molecule has 9 amide bonds. The number of carboxylic acids is 1. The Kier molecular flexibility index (Phi) is 26.5. The first-order valence-corrected chi connectivity index (χ1v) is 26.5. The molecule has 27 nitrogen and oxygen atoms in total. The third-order valence-electron chi connectivity index (χ3n) is 12.0. The zero-order valence-electron chi connectivity index (χ0n) is 43.8. The van der Waals surface area contributed by atoms with Gasteiger partial charge in [-0.05, 0) is 54.2 Å². The lowest BCUT2D eigenvalue weighted by Gasteiger charge is -2.28. The number of rotatable bonds is 33. The van der Waals surface area contributed by atoms with Gasteiger partial charge in [-0.1, -0.05) is 72.8 Å². The van der Waals surface area contributed by atoms with Gasteiger partial charge in [-0.2, -0.15) is 11.8 Å². The molecule has 0 unspecified atom stereocenters. The van der Waals surface area contributed by atoms with Crippen molar-refractivity contribution < 1.29 is 73.5 Å². The average molecular weight is 1130 g/mol. The Morgan fingerprint density at radius 3 is 1.50 bits per heavy atom. The zero-order valence-corrected chi connectivity index (χ0v) is 44.6. The van der Waals surface area contributed by atoms with E-state index in [1.165, 1.54) is 55.5 Å². The van der Waals surface area contributed by atoms with Crippen LogP contribution >= 0.6 is 11.8 Å². The lowest BCUT2D eigenvalue weighted by atomic mass is 10.0. The molecule has 28 heteroatoms. The summed E-state index contributed by atoms with van der Waals surface area (Å²) in [4.78, 5) is 140. The monoisotopic (exact) mass is 1130 g/mol. The fourth-order valence-electron chi connectivity index (χ4n) is 7.70. The largest absolute Gasteiger partial charge is 0.508 e. The van der Waals surface area contributed by atoms with Crippen molar-refractivity contribution in [2.45, 2.75) is 93.5 Å². The lowest BCUT2D eigenvalue weighted by Crippen LogP contribution is -2.62. The number of aliphatic hydroxyl groups excluding tert-OH is 3. The summed E-state index contributed by atoms with van der Waals surface area (Å²) in [5.41, 5.74) is 7.44. The number of phenols is 1. The summed E-state index contributed by atoms with van der Waals surface area (Å²) in [5, 5.41) is 72.6. The molecule has 0 radical (unpaired) electrons. The molecular formula is C52H68N12O15S. The van der Waals surface area contributed by atoms with Gasteiger partial charge in [-0.25, -0.2) is 9.78 Å². The summed E-state index contributed by atoms with van der Waals surface area (Å²) < 4.78 is 0. The van der Waals surface area contributed by atoms with Gasteiger partial charge in [-0.3, -0.25) is 43.2 Å². The number of carboxylic acid groups (broad SMARTS) is 1. The summed E-state index contributed by atoms with van der Waals surface area (Å²) in [6.45, 7) is -2.19. The highest BCUT2D eigenvalue weighted by Crippen LogP contribution is 2.13. The number of aromatic nitrogens is 2. The van der Waals surface area contributed by atoms with E-state index in [0.29, 0.717) is 28.1 Å². The van der Waals surface area contributed by atoms with Crippen molar-refractivity contribution in [2.75, 3.05) is 38.3 Å². The number of hydrogen-bond acceptors (Lipinski definition) is 17. The molecule has 0 aliphatic rings. The van der Waals surface area contributed by atoms with E-state index in [1.807, 2.05) is 0 Å². The number of H-pyrrole nitrogens is 1. The van der Waals surface area contributed by atoms with Crippen LogP contribution in [-0.4, -0.2) is 187 Å². The summed E-state index contributed by atoms with van der Waals surface area (Å²) in [7, 11) is 0. The molecule has 1 aromatic heterocycles. The number of amides is 9. The van der Waals surface area contributed by atoms with Crippen LogP contribution in [0.1, 0.15) is 35.7 Å². The molecule has 80 heavy (non-hydrogen) atoms. The summed E-state index contributed by atoms with van der Waals surface area (Å²) >= 11 is 1.35. The number of aromatic amines is 1. The molecule has 3 aromatic carbocycles. The number of aromatic hydroxyl groups is 1. The minimum atomic E-state index is -1.85. The first-order valence-electron chi connectivity index (χ1n) is 25.1. The van der Waals surface area contributed by atoms with Crippen LogP contribution in [0.2, 0.25) is 0 Å². The van der Waals surface area contributed by atoms with Crippen molar-refractivity contribution in [3.8, 4) is 5.75 Å². The number of nitrogens with two attached hydrogens (primary N) is 1. The standard InChI is InChI=1S/C52H68N12O15S/c1-29(67)44(64-48(74)37(58-42(69)23-53)19-30-9-5-3-6-10-30)51(77)60-38(20-31-11-7-4-8-12-31)47(73)62-41(27-66)50(76)63-40(26-65)49(75)59-36(21-32-13-15-34(68)16-14-32)45(71)55-25-43(70)57-35(17-18-80-2)46(72)61-39(52(78)79)22-33-24-54-28-56-33/h3-16,24,28-29,35-41,44,65-68H,17-23,25-27,53H2,1-2H3,(H,54,56)(H,55,71)(H,57,70)(H,58,69)(H,59,75)(H,60,77)(H,61,72)(H,62,73)(H,63,76)(H,64,74)(H,78,79)/t29-,35+,36+,37+,38+,39+,40+,41+,44+/m1/s1. The van der Waals surface area contributed by atoms with Crippen LogP contribution < -0.4 is 53.6 Å². The van der Waals surface area contributed by atoms with E-state index in [0.717, 1.165) is 0 Å². The van der Waals surface area contributed by atoms with Crippen LogP contribution in [0.4, 0.5) is 0 Å². The minimum Gasteiger partial charge on any atom is -0.508 e.